The molecule has 2 aromatic carbocycles. The number of rotatable bonds is 16. The van der Waals surface area contributed by atoms with Gasteiger partial charge < -0.3 is 4.90 Å². The molecule has 1 aliphatic carbocycles. The van der Waals surface area contributed by atoms with Gasteiger partial charge in [0.05, 0.1) is 38.6 Å². The highest BCUT2D eigenvalue weighted by molar-refractivity contribution is 7.94. The molecule has 2 atom stereocenters. The molecule has 3 aromatic rings. The van der Waals surface area contributed by atoms with Gasteiger partial charge in [-0.25, -0.2) is 18.2 Å². The zero-order chi connectivity index (χ0) is 44.0. The molecule has 60 heavy (non-hydrogen) atoms. The van der Waals surface area contributed by atoms with Crippen LogP contribution in [-0.4, -0.2) is 78.0 Å². The van der Waals surface area contributed by atoms with Crippen LogP contribution in [0.4, 0.5) is 11.4 Å². The van der Waals surface area contributed by atoms with E-state index in [1.165, 1.54) is 19.9 Å². The van der Waals surface area contributed by atoms with Gasteiger partial charge in [-0.2, -0.15) is 32.4 Å². The van der Waals surface area contributed by atoms with E-state index < -0.39 is 51.6 Å². The first-order chi connectivity index (χ1) is 28.0. The van der Waals surface area contributed by atoms with Gasteiger partial charge in [-0.3, -0.25) is 9.11 Å². The third kappa shape index (κ3) is 9.27. The van der Waals surface area contributed by atoms with Crippen molar-refractivity contribution in [2.75, 3.05) is 18.0 Å². The predicted octanol–water partition coefficient (Wildman–Crippen LogP) is 5.94. The van der Waals surface area contributed by atoms with E-state index in [0.29, 0.717) is 30.6 Å². The number of allylic oxidation sites excluding steroid dienone is 8. The second kappa shape index (κ2) is 17.1. The van der Waals surface area contributed by atoms with E-state index in [2.05, 4.69) is 34.6 Å². The van der Waals surface area contributed by atoms with E-state index in [0.717, 1.165) is 56.4 Å². The van der Waals surface area contributed by atoms with Crippen LogP contribution in [0.2, 0.25) is 0 Å². The number of fused-ring (bicyclic) bond motifs is 2. The minimum atomic E-state index is -4.29. The monoisotopic (exact) mass is 903 g/mol. The average Bonchev–Trinajstić information content (AvgIpc) is 3.92. The molecule has 3 aliphatic rings. The maximum Gasteiger partial charge on any atom is 0.267 e. The van der Waals surface area contributed by atoms with Gasteiger partial charge in [0.2, 0.25) is 15.7 Å². The van der Waals surface area contributed by atoms with Crippen molar-refractivity contribution in [3.63, 3.8) is 0 Å². The summed E-state index contributed by atoms with van der Waals surface area (Å²) in [6, 6.07) is 12.3. The van der Waals surface area contributed by atoms with E-state index in [1.54, 1.807) is 18.3 Å². The van der Waals surface area contributed by atoms with Crippen LogP contribution in [0.15, 0.2) is 106 Å². The molecule has 0 spiro atoms. The molecule has 3 heterocycles. The fraction of sp³-hybridized carbons (Fsp3) is 0.400. The molecule has 0 bridgehead atoms. The number of sulfonamides is 1. The quantitative estimate of drug-likeness (QED) is 0.0428. The second-order valence-electron chi connectivity index (χ2n) is 16.2. The third-order valence-electron chi connectivity index (χ3n) is 11.7. The molecular formula is C40H51N6O10S4+. The molecule has 20 heteroatoms. The lowest BCUT2D eigenvalue weighted by atomic mass is 9.81. The highest BCUT2D eigenvalue weighted by Crippen LogP contribution is 2.49. The Hall–Kier alpha value is -3.96. The topological polar surface area (TPSA) is 237 Å². The van der Waals surface area contributed by atoms with Crippen molar-refractivity contribution in [1.29, 1.82) is 0 Å². The first kappa shape index (κ1) is 45.6. The van der Waals surface area contributed by atoms with Crippen LogP contribution in [0.3, 0.4) is 0 Å². The Labute approximate surface area is 356 Å². The summed E-state index contributed by atoms with van der Waals surface area (Å²) in [6.07, 6.45) is 13.2. The molecule has 0 amide bonds. The zero-order valence-electron chi connectivity index (χ0n) is 34.1. The van der Waals surface area contributed by atoms with Crippen LogP contribution in [0.5, 0.6) is 0 Å². The number of hydrogen-bond donors (Lipinski definition) is 4. The maximum atomic E-state index is 12.4. The molecular weight excluding hydrogens is 853 g/mol. The highest BCUT2D eigenvalue weighted by atomic mass is 32.2. The van der Waals surface area contributed by atoms with Crippen molar-refractivity contribution in [1.82, 2.24) is 9.78 Å². The van der Waals surface area contributed by atoms with E-state index in [1.807, 2.05) is 72.1 Å². The summed E-state index contributed by atoms with van der Waals surface area (Å²) in [6.45, 7) is 11.5. The molecule has 0 saturated carbocycles. The van der Waals surface area contributed by atoms with Crippen LogP contribution in [0.1, 0.15) is 78.4 Å². The summed E-state index contributed by atoms with van der Waals surface area (Å²) < 4.78 is 101. The first-order valence-corrected chi connectivity index (χ1v) is 24.5. The Kier molecular flexibility index (Phi) is 13.0. The number of hydrogen-bond acceptors (Lipinski definition) is 12. The SMILES string of the molecule is CC(CCN1/C(=C\C=C2\CCC(/C=C/C3=[N+](CCC(C)S(=O)(=O)O)c4ccc(SOON)cc4C3(C)C)=C2n2cccn2)C(C)(C)c2cc(S(N)(=O)=O)ccc21)S(=O)(=O)O. The van der Waals surface area contributed by atoms with Crippen molar-refractivity contribution in [2.45, 2.75) is 98.3 Å². The van der Waals surface area contributed by atoms with Crippen LogP contribution < -0.4 is 15.9 Å². The second-order valence-corrected chi connectivity index (χ2v) is 22.2. The molecule has 2 unspecified atom stereocenters. The number of benzene rings is 2. The largest absolute Gasteiger partial charge is 0.344 e. The minimum Gasteiger partial charge on any atom is -0.344 e. The molecule has 0 radical (unpaired) electrons. The Balaban J connectivity index is 1.43. The molecule has 324 valence electrons. The lowest BCUT2D eigenvalue weighted by Crippen LogP contribution is -2.30. The lowest BCUT2D eigenvalue weighted by Gasteiger charge is -2.27. The normalized spacial score (nSPS) is 20.2. The van der Waals surface area contributed by atoms with Crippen LogP contribution >= 0.6 is 12.0 Å². The van der Waals surface area contributed by atoms with Gasteiger partial charge in [-0.1, -0.05) is 26.0 Å². The van der Waals surface area contributed by atoms with Gasteiger partial charge in [0.15, 0.2) is 12.3 Å². The molecule has 6 N–H and O–H groups in total. The number of nitrogens with two attached hydrogens (primary N) is 2. The van der Waals surface area contributed by atoms with Crippen LogP contribution in [-0.2, 0) is 50.4 Å². The van der Waals surface area contributed by atoms with E-state index in [9.17, 15) is 34.4 Å². The Morgan fingerprint density at radius 1 is 0.917 bits per heavy atom. The summed E-state index contributed by atoms with van der Waals surface area (Å²) in [5.41, 5.74) is 6.50. The summed E-state index contributed by atoms with van der Waals surface area (Å²) in [7, 11) is -12.6. The van der Waals surface area contributed by atoms with E-state index in [4.69, 9.17) is 15.4 Å². The Morgan fingerprint density at radius 2 is 1.62 bits per heavy atom. The van der Waals surface area contributed by atoms with Crippen LogP contribution in [0.25, 0.3) is 5.70 Å². The number of primary sulfonamides is 1. The van der Waals surface area contributed by atoms with Gasteiger partial charge in [-0.15, -0.1) is 9.32 Å². The Morgan fingerprint density at radius 3 is 2.25 bits per heavy atom. The van der Waals surface area contributed by atoms with Gasteiger partial charge in [0, 0.05) is 64.8 Å². The molecule has 0 fully saturated rings. The molecule has 6 rings (SSSR count). The van der Waals surface area contributed by atoms with Crippen molar-refractivity contribution in [3.05, 3.63) is 107 Å². The lowest BCUT2D eigenvalue weighted by molar-refractivity contribution is -0.438. The zero-order valence-corrected chi connectivity index (χ0v) is 37.4. The van der Waals surface area contributed by atoms with Gasteiger partial charge in [0.1, 0.15) is 0 Å². The molecule has 1 aromatic heterocycles. The number of nitrogens with zero attached hydrogens (tertiary/aromatic N) is 4. The maximum absolute atomic E-state index is 12.4. The first-order valence-electron chi connectivity index (χ1n) is 19.2. The van der Waals surface area contributed by atoms with E-state index >= 15 is 0 Å². The summed E-state index contributed by atoms with van der Waals surface area (Å²) in [4.78, 5) is 6.97. The fourth-order valence-corrected chi connectivity index (χ4v) is 9.84. The summed E-state index contributed by atoms with van der Waals surface area (Å²) in [5, 5.41) is 8.09. The van der Waals surface area contributed by atoms with Crippen molar-refractivity contribution in [2.24, 2.45) is 11.0 Å². The predicted molar refractivity (Wildman–Crippen MR) is 231 cm³/mol. The number of anilines is 1. The molecule has 16 nitrogen and oxygen atoms in total. The third-order valence-corrected chi connectivity index (χ3v) is 15.7. The van der Waals surface area contributed by atoms with Gasteiger partial charge in [-0.05, 0) is 106 Å². The summed E-state index contributed by atoms with van der Waals surface area (Å²) >= 11 is 0.960. The average molecular weight is 904 g/mol. The highest BCUT2D eigenvalue weighted by Gasteiger charge is 2.45. The minimum absolute atomic E-state index is 0.0382. The van der Waals surface area contributed by atoms with Crippen molar-refractivity contribution in [3.8, 4) is 0 Å². The fourth-order valence-electron chi connectivity index (χ4n) is 8.09. The van der Waals surface area contributed by atoms with Crippen LogP contribution in [0, 0.1) is 0 Å². The number of aromatic nitrogens is 2. The smallest absolute Gasteiger partial charge is 0.267 e. The van der Waals surface area contributed by atoms with Gasteiger partial charge >= 0.3 is 0 Å². The Bertz CT molecular complexity index is 2670. The molecule has 2 aliphatic heterocycles. The van der Waals surface area contributed by atoms with E-state index in [-0.39, 0.29) is 24.3 Å². The molecule has 0 saturated heterocycles. The van der Waals surface area contributed by atoms with Crippen molar-refractivity contribution >= 4 is 65.1 Å². The standard InChI is InChI=1S/C40H50N6O10S4/c1-26(59(49,50)51)18-22-44-34-14-12-30(57-56-55-41)24-32(34)39(3,4)36(44)16-10-28-8-9-29(38(28)46-21-7-20-43-46)11-17-37-40(5,6)33-25-31(58(42,47)48)13-15-35(33)45(37)23-19-27(2)60(52,53)54/h7,10-17,20-21,24-27H,8-9,18-19,22-23,41H2,1-6H3,(H3-,42,47,48,49,50,51,52,53,54)/p+1. The van der Waals surface area contributed by atoms with Crippen molar-refractivity contribution < 1.29 is 48.3 Å². The van der Waals surface area contributed by atoms with Gasteiger partial charge in [0.25, 0.3) is 20.2 Å². The summed E-state index contributed by atoms with van der Waals surface area (Å²) in [5.74, 6) is 5.08.